The lowest BCUT2D eigenvalue weighted by Gasteiger charge is -2.18. The van der Waals surface area contributed by atoms with Gasteiger partial charge in [0.25, 0.3) is 0 Å². The number of benzene rings is 1. The van der Waals surface area contributed by atoms with Crippen molar-refractivity contribution >= 4 is 0 Å². The lowest BCUT2D eigenvalue weighted by molar-refractivity contribution is 0.0300. The van der Waals surface area contributed by atoms with Crippen LogP contribution in [-0.2, 0) is 11.3 Å². The van der Waals surface area contributed by atoms with Gasteiger partial charge >= 0.3 is 0 Å². The van der Waals surface area contributed by atoms with Gasteiger partial charge in [-0.05, 0) is 37.5 Å². The van der Waals surface area contributed by atoms with Crippen LogP contribution < -0.4 is 10.5 Å². The van der Waals surface area contributed by atoms with Crippen LogP contribution in [0.4, 0.5) is 0 Å². The maximum Gasteiger partial charge on any atom is 0.124 e. The quantitative estimate of drug-likeness (QED) is 0.829. The summed E-state index contributed by atoms with van der Waals surface area (Å²) in [5.74, 6) is 0.892. The van der Waals surface area contributed by atoms with Crippen LogP contribution in [0, 0.1) is 0 Å². The first-order valence-electron chi connectivity index (χ1n) is 7.74. The second kappa shape index (κ2) is 7.65. The minimum absolute atomic E-state index is 0.0394. The molecule has 0 heterocycles. The number of rotatable bonds is 5. The predicted octanol–water partition coefficient (Wildman–Crippen LogP) is 3.95. The second-order valence-corrected chi connectivity index (χ2v) is 5.78. The summed E-state index contributed by atoms with van der Waals surface area (Å²) in [5.41, 5.74) is 8.19. The van der Waals surface area contributed by atoms with E-state index in [1.165, 1.54) is 38.5 Å². The Labute approximate surface area is 122 Å². The molecule has 1 aromatic carbocycles. The zero-order valence-corrected chi connectivity index (χ0v) is 12.7. The number of hydrogen-bond donors (Lipinski definition) is 1. The van der Waals surface area contributed by atoms with Gasteiger partial charge in [0.1, 0.15) is 5.75 Å². The van der Waals surface area contributed by atoms with Crippen molar-refractivity contribution < 1.29 is 9.47 Å². The Morgan fingerprint density at radius 1 is 1.20 bits per heavy atom. The largest absolute Gasteiger partial charge is 0.496 e. The topological polar surface area (TPSA) is 44.5 Å². The molecule has 0 radical (unpaired) electrons. The van der Waals surface area contributed by atoms with E-state index in [4.69, 9.17) is 15.2 Å². The van der Waals surface area contributed by atoms with E-state index in [1.54, 1.807) is 7.11 Å². The van der Waals surface area contributed by atoms with Crippen LogP contribution in [0.25, 0.3) is 0 Å². The maximum atomic E-state index is 6.11. The Hall–Kier alpha value is -1.06. The van der Waals surface area contributed by atoms with Gasteiger partial charge in [-0.1, -0.05) is 31.7 Å². The molecule has 1 aliphatic rings. The van der Waals surface area contributed by atoms with Gasteiger partial charge in [-0.15, -0.1) is 0 Å². The smallest absolute Gasteiger partial charge is 0.124 e. The van der Waals surface area contributed by atoms with Gasteiger partial charge in [0, 0.05) is 11.6 Å². The van der Waals surface area contributed by atoms with E-state index in [9.17, 15) is 0 Å². The van der Waals surface area contributed by atoms with Gasteiger partial charge in [-0.25, -0.2) is 0 Å². The van der Waals surface area contributed by atoms with E-state index in [0.717, 1.165) is 16.9 Å². The SMILES string of the molecule is COc1ccc(C(C)N)cc1COC1CCCCCC1. The van der Waals surface area contributed by atoms with E-state index in [0.29, 0.717) is 12.7 Å². The van der Waals surface area contributed by atoms with E-state index in [2.05, 4.69) is 6.07 Å². The number of hydrogen-bond acceptors (Lipinski definition) is 3. The number of nitrogens with two attached hydrogens (primary N) is 1. The van der Waals surface area contributed by atoms with Crippen LogP contribution in [0.3, 0.4) is 0 Å². The summed E-state index contributed by atoms with van der Waals surface area (Å²) >= 11 is 0. The Morgan fingerprint density at radius 2 is 1.90 bits per heavy atom. The van der Waals surface area contributed by atoms with Crippen LogP contribution in [0.5, 0.6) is 5.75 Å². The van der Waals surface area contributed by atoms with Crippen molar-refractivity contribution in [1.29, 1.82) is 0 Å². The molecule has 1 atom stereocenters. The molecule has 0 aliphatic heterocycles. The average Bonchev–Trinajstić information content (AvgIpc) is 2.73. The monoisotopic (exact) mass is 277 g/mol. The highest BCUT2D eigenvalue weighted by atomic mass is 16.5. The summed E-state index contributed by atoms with van der Waals surface area (Å²) in [7, 11) is 1.70. The van der Waals surface area contributed by atoms with Gasteiger partial charge < -0.3 is 15.2 Å². The van der Waals surface area contributed by atoms with Gasteiger partial charge in [0.05, 0.1) is 19.8 Å². The zero-order chi connectivity index (χ0) is 14.4. The third-order valence-electron chi connectivity index (χ3n) is 4.11. The van der Waals surface area contributed by atoms with E-state index in [1.807, 2.05) is 19.1 Å². The van der Waals surface area contributed by atoms with E-state index in [-0.39, 0.29) is 6.04 Å². The Morgan fingerprint density at radius 3 is 2.50 bits per heavy atom. The molecule has 0 amide bonds. The van der Waals surface area contributed by atoms with Crippen LogP contribution >= 0.6 is 0 Å². The highest BCUT2D eigenvalue weighted by Crippen LogP contribution is 2.26. The van der Waals surface area contributed by atoms with E-state index < -0.39 is 0 Å². The van der Waals surface area contributed by atoms with Crippen molar-refractivity contribution in [3.8, 4) is 5.75 Å². The van der Waals surface area contributed by atoms with Gasteiger partial charge in [-0.3, -0.25) is 0 Å². The summed E-state index contributed by atoms with van der Waals surface area (Å²) in [6.07, 6.45) is 8.07. The van der Waals surface area contributed by atoms with Gasteiger partial charge in [0.2, 0.25) is 0 Å². The average molecular weight is 277 g/mol. The molecule has 0 spiro atoms. The van der Waals surface area contributed by atoms with E-state index >= 15 is 0 Å². The molecule has 1 fully saturated rings. The van der Waals surface area contributed by atoms with Gasteiger partial charge in [-0.2, -0.15) is 0 Å². The molecule has 1 aromatic rings. The molecular formula is C17H27NO2. The Bertz CT molecular complexity index is 409. The van der Waals surface area contributed by atoms with Crippen LogP contribution in [0.15, 0.2) is 18.2 Å². The van der Waals surface area contributed by atoms with Crippen molar-refractivity contribution in [3.05, 3.63) is 29.3 Å². The molecule has 0 saturated heterocycles. The predicted molar refractivity (Wildman–Crippen MR) is 81.9 cm³/mol. The normalized spacial score (nSPS) is 18.6. The summed E-state index contributed by atoms with van der Waals surface area (Å²) in [5, 5.41) is 0. The van der Waals surface area contributed by atoms with Gasteiger partial charge in [0.15, 0.2) is 0 Å². The maximum absolute atomic E-state index is 6.11. The van der Waals surface area contributed by atoms with Crippen LogP contribution in [0.2, 0.25) is 0 Å². The first-order valence-corrected chi connectivity index (χ1v) is 7.74. The molecular weight excluding hydrogens is 250 g/mol. The molecule has 3 nitrogen and oxygen atoms in total. The molecule has 0 aromatic heterocycles. The second-order valence-electron chi connectivity index (χ2n) is 5.78. The summed E-state index contributed by atoms with van der Waals surface area (Å²) in [6, 6.07) is 6.17. The Balaban J connectivity index is 2.01. The lowest BCUT2D eigenvalue weighted by atomic mass is 10.1. The number of ether oxygens (including phenoxy) is 2. The van der Waals surface area contributed by atoms with Crippen molar-refractivity contribution in [3.63, 3.8) is 0 Å². The molecule has 2 N–H and O–H groups in total. The highest BCUT2D eigenvalue weighted by molar-refractivity contribution is 5.37. The molecule has 112 valence electrons. The minimum Gasteiger partial charge on any atom is -0.496 e. The standard InChI is InChI=1S/C17H27NO2/c1-13(18)14-9-10-17(19-2)15(11-14)12-20-16-7-5-3-4-6-8-16/h9-11,13,16H,3-8,12,18H2,1-2H3. The molecule has 1 unspecified atom stereocenters. The molecule has 2 rings (SSSR count). The fraction of sp³-hybridized carbons (Fsp3) is 0.647. The molecule has 1 saturated carbocycles. The highest BCUT2D eigenvalue weighted by Gasteiger charge is 2.14. The summed E-state index contributed by atoms with van der Waals surface area (Å²) < 4.78 is 11.5. The zero-order valence-electron chi connectivity index (χ0n) is 12.7. The third kappa shape index (κ3) is 4.22. The first-order chi connectivity index (χ1) is 9.70. The van der Waals surface area contributed by atoms with Crippen molar-refractivity contribution in [1.82, 2.24) is 0 Å². The third-order valence-corrected chi connectivity index (χ3v) is 4.11. The minimum atomic E-state index is 0.0394. The molecule has 20 heavy (non-hydrogen) atoms. The van der Waals surface area contributed by atoms with Crippen LogP contribution in [0.1, 0.15) is 62.6 Å². The molecule has 1 aliphatic carbocycles. The first kappa shape index (κ1) is 15.3. The van der Waals surface area contributed by atoms with Crippen molar-refractivity contribution in [2.24, 2.45) is 5.73 Å². The van der Waals surface area contributed by atoms with Crippen molar-refractivity contribution in [2.45, 2.75) is 64.2 Å². The fourth-order valence-corrected chi connectivity index (χ4v) is 2.81. The molecule has 0 bridgehead atoms. The molecule has 3 heteroatoms. The number of methoxy groups -OCH3 is 1. The van der Waals surface area contributed by atoms with Crippen LogP contribution in [-0.4, -0.2) is 13.2 Å². The fourth-order valence-electron chi connectivity index (χ4n) is 2.81. The van der Waals surface area contributed by atoms with Crippen molar-refractivity contribution in [2.75, 3.05) is 7.11 Å². The summed E-state index contributed by atoms with van der Waals surface area (Å²) in [6.45, 7) is 2.62. The lowest BCUT2D eigenvalue weighted by Crippen LogP contribution is -2.12. The summed E-state index contributed by atoms with van der Waals surface area (Å²) in [4.78, 5) is 0. The Kier molecular flexibility index (Phi) is 5.86.